The molecule has 0 heterocycles. The summed E-state index contributed by atoms with van der Waals surface area (Å²) in [6.45, 7) is 1.79. The first-order valence-corrected chi connectivity index (χ1v) is 5.28. The Morgan fingerprint density at radius 2 is 1.89 bits per heavy atom. The molecular weight excluding hydrogens is 238 g/mol. The molecule has 0 aromatic heterocycles. The fourth-order valence-corrected chi connectivity index (χ4v) is 1.53. The monoisotopic (exact) mass is 248 g/mol. The molecule has 0 aliphatic carbocycles. The van der Waals surface area contributed by atoms with E-state index in [2.05, 4.69) is 0 Å². The van der Waals surface area contributed by atoms with Gasteiger partial charge < -0.3 is 4.74 Å². The summed E-state index contributed by atoms with van der Waals surface area (Å²) in [5.74, 6) is -1.07. The van der Waals surface area contributed by atoms with Gasteiger partial charge in [0.05, 0.1) is 0 Å². The number of halogens is 2. The van der Waals surface area contributed by atoms with Crippen molar-refractivity contribution in [1.29, 1.82) is 0 Å². The Balaban J connectivity index is 2.36. The SMILES string of the molecule is Cc1ccc(F)c(Oc2cc(F)cc(C=O)c2)c1. The highest BCUT2D eigenvalue weighted by Crippen LogP contribution is 2.26. The lowest BCUT2D eigenvalue weighted by molar-refractivity contribution is 0.112. The average Bonchev–Trinajstić information content (AvgIpc) is 2.33. The second kappa shape index (κ2) is 4.96. The van der Waals surface area contributed by atoms with Crippen molar-refractivity contribution in [3.63, 3.8) is 0 Å². The second-order valence-electron chi connectivity index (χ2n) is 3.87. The van der Waals surface area contributed by atoms with Gasteiger partial charge in [-0.15, -0.1) is 0 Å². The zero-order chi connectivity index (χ0) is 13.1. The first kappa shape index (κ1) is 12.2. The van der Waals surface area contributed by atoms with E-state index in [9.17, 15) is 13.6 Å². The van der Waals surface area contributed by atoms with Crippen LogP contribution in [0.2, 0.25) is 0 Å². The minimum Gasteiger partial charge on any atom is -0.454 e. The number of carbonyl (C=O) groups is 1. The molecule has 0 saturated heterocycles. The van der Waals surface area contributed by atoms with E-state index in [1.165, 1.54) is 18.2 Å². The molecule has 0 atom stereocenters. The van der Waals surface area contributed by atoms with E-state index in [-0.39, 0.29) is 17.1 Å². The van der Waals surface area contributed by atoms with Gasteiger partial charge in [0.1, 0.15) is 17.9 Å². The number of hydrogen-bond donors (Lipinski definition) is 0. The molecule has 2 rings (SSSR count). The van der Waals surface area contributed by atoms with Crippen molar-refractivity contribution in [3.05, 3.63) is 59.2 Å². The molecule has 0 fully saturated rings. The molecule has 2 aromatic rings. The normalized spacial score (nSPS) is 10.2. The van der Waals surface area contributed by atoms with E-state index in [0.29, 0.717) is 6.29 Å². The maximum Gasteiger partial charge on any atom is 0.165 e. The van der Waals surface area contributed by atoms with Crippen molar-refractivity contribution in [2.45, 2.75) is 6.92 Å². The molecule has 0 bridgehead atoms. The van der Waals surface area contributed by atoms with Crippen LogP contribution in [-0.4, -0.2) is 6.29 Å². The molecule has 0 aliphatic rings. The van der Waals surface area contributed by atoms with Gasteiger partial charge in [-0.2, -0.15) is 0 Å². The van der Waals surface area contributed by atoms with Crippen LogP contribution in [0, 0.1) is 18.6 Å². The topological polar surface area (TPSA) is 26.3 Å². The van der Waals surface area contributed by atoms with Gasteiger partial charge in [-0.05, 0) is 36.8 Å². The predicted molar refractivity (Wildman–Crippen MR) is 63.0 cm³/mol. The van der Waals surface area contributed by atoms with Crippen LogP contribution in [0.5, 0.6) is 11.5 Å². The van der Waals surface area contributed by atoms with Crippen LogP contribution in [0.4, 0.5) is 8.78 Å². The van der Waals surface area contributed by atoms with Gasteiger partial charge in [0.25, 0.3) is 0 Å². The molecule has 4 heteroatoms. The lowest BCUT2D eigenvalue weighted by Gasteiger charge is -2.08. The van der Waals surface area contributed by atoms with Gasteiger partial charge in [-0.25, -0.2) is 8.78 Å². The van der Waals surface area contributed by atoms with E-state index >= 15 is 0 Å². The Morgan fingerprint density at radius 3 is 2.61 bits per heavy atom. The van der Waals surface area contributed by atoms with Crippen LogP contribution in [0.1, 0.15) is 15.9 Å². The molecule has 0 amide bonds. The van der Waals surface area contributed by atoms with Gasteiger partial charge in [0.2, 0.25) is 0 Å². The molecule has 0 radical (unpaired) electrons. The van der Waals surface area contributed by atoms with E-state index in [4.69, 9.17) is 4.74 Å². The number of ether oxygens (including phenoxy) is 1. The second-order valence-corrected chi connectivity index (χ2v) is 3.87. The molecule has 2 nitrogen and oxygen atoms in total. The van der Waals surface area contributed by atoms with Crippen molar-refractivity contribution >= 4 is 6.29 Å². The molecule has 0 saturated carbocycles. The van der Waals surface area contributed by atoms with E-state index < -0.39 is 11.6 Å². The van der Waals surface area contributed by atoms with Gasteiger partial charge >= 0.3 is 0 Å². The maximum atomic E-state index is 13.4. The minimum absolute atomic E-state index is 0.00236. The van der Waals surface area contributed by atoms with Crippen molar-refractivity contribution in [2.75, 3.05) is 0 Å². The number of aldehydes is 1. The maximum absolute atomic E-state index is 13.4. The Hall–Kier alpha value is -2.23. The van der Waals surface area contributed by atoms with Crippen LogP contribution < -0.4 is 4.74 Å². The standard InChI is InChI=1S/C14H10F2O2/c1-9-2-3-13(16)14(4-9)18-12-6-10(8-17)5-11(15)7-12/h2-8H,1H3. The summed E-state index contributed by atoms with van der Waals surface area (Å²) in [4.78, 5) is 10.6. The van der Waals surface area contributed by atoms with Gasteiger partial charge in [-0.1, -0.05) is 6.07 Å². The molecule has 92 valence electrons. The largest absolute Gasteiger partial charge is 0.454 e. The molecule has 0 aliphatic heterocycles. The first-order chi connectivity index (χ1) is 8.58. The summed E-state index contributed by atoms with van der Waals surface area (Å²) >= 11 is 0. The number of aryl methyl sites for hydroxylation is 1. The number of carbonyl (C=O) groups excluding carboxylic acids is 1. The van der Waals surface area contributed by atoms with Gasteiger partial charge in [-0.3, -0.25) is 4.79 Å². The molecule has 2 aromatic carbocycles. The summed E-state index contributed by atoms with van der Waals surface area (Å²) in [5.41, 5.74) is 0.955. The molecular formula is C14H10F2O2. The highest BCUT2D eigenvalue weighted by Gasteiger charge is 2.07. The average molecular weight is 248 g/mol. The van der Waals surface area contributed by atoms with Crippen LogP contribution >= 0.6 is 0 Å². The van der Waals surface area contributed by atoms with Crippen molar-refractivity contribution in [2.24, 2.45) is 0 Å². The molecule has 0 N–H and O–H groups in total. The van der Waals surface area contributed by atoms with Crippen LogP contribution in [-0.2, 0) is 0 Å². The van der Waals surface area contributed by atoms with Gasteiger partial charge in [0.15, 0.2) is 11.6 Å². The summed E-state index contributed by atoms with van der Waals surface area (Å²) < 4.78 is 31.9. The zero-order valence-corrected chi connectivity index (χ0v) is 9.61. The Bertz CT molecular complexity index is 594. The molecule has 0 spiro atoms. The fourth-order valence-electron chi connectivity index (χ4n) is 1.53. The highest BCUT2D eigenvalue weighted by molar-refractivity contribution is 5.75. The fraction of sp³-hybridized carbons (Fsp3) is 0.0714. The summed E-state index contributed by atoms with van der Waals surface area (Å²) in [7, 11) is 0. The van der Waals surface area contributed by atoms with E-state index in [0.717, 1.165) is 17.7 Å². The Labute approximate surface area is 103 Å². The number of hydrogen-bond acceptors (Lipinski definition) is 2. The van der Waals surface area contributed by atoms with Crippen molar-refractivity contribution in [3.8, 4) is 11.5 Å². The van der Waals surface area contributed by atoms with Gasteiger partial charge in [0, 0.05) is 11.6 Å². The zero-order valence-electron chi connectivity index (χ0n) is 9.61. The number of rotatable bonds is 3. The first-order valence-electron chi connectivity index (χ1n) is 5.28. The summed E-state index contributed by atoms with van der Waals surface area (Å²) in [6, 6.07) is 7.88. The lowest BCUT2D eigenvalue weighted by Crippen LogP contribution is -1.92. The lowest BCUT2D eigenvalue weighted by atomic mass is 10.2. The summed E-state index contributed by atoms with van der Waals surface area (Å²) in [5, 5.41) is 0. The predicted octanol–water partition coefficient (Wildman–Crippen LogP) is 3.88. The third-order valence-electron chi connectivity index (χ3n) is 2.34. The van der Waals surface area contributed by atoms with Crippen LogP contribution in [0.15, 0.2) is 36.4 Å². The van der Waals surface area contributed by atoms with E-state index in [1.807, 2.05) is 0 Å². The van der Waals surface area contributed by atoms with Crippen molar-refractivity contribution in [1.82, 2.24) is 0 Å². The molecule has 18 heavy (non-hydrogen) atoms. The van der Waals surface area contributed by atoms with E-state index in [1.54, 1.807) is 13.0 Å². The van der Waals surface area contributed by atoms with Crippen molar-refractivity contribution < 1.29 is 18.3 Å². The summed E-state index contributed by atoms with van der Waals surface area (Å²) in [6.07, 6.45) is 0.503. The quantitative estimate of drug-likeness (QED) is 0.770. The van der Waals surface area contributed by atoms with Crippen LogP contribution in [0.25, 0.3) is 0 Å². The highest BCUT2D eigenvalue weighted by atomic mass is 19.1. The van der Waals surface area contributed by atoms with Crippen LogP contribution in [0.3, 0.4) is 0 Å². The number of benzene rings is 2. The molecule has 0 unspecified atom stereocenters. The Kier molecular flexibility index (Phi) is 3.37. The Morgan fingerprint density at radius 1 is 1.11 bits per heavy atom. The third kappa shape index (κ3) is 2.71. The third-order valence-corrected chi connectivity index (χ3v) is 2.34. The minimum atomic E-state index is -0.609. The smallest absolute Gasteiger partial charge is 0.165 e.